The molecule has 134 valence electrons. The molecule has 0 aliphatic rings. The fourth-order valence-electron chi connectivity index (χ4n) is 2.54. The molecule has 0 atom stereocenters. The van der Waals surface area contributed by atoms with E-state index in [0.29, 0.717) is 17.2 Å². The molecule has 1 aromatic carbocycles. The van der Waals surface area contributed by atoms with E-state index in [4.69, 9.17) is 14.2 Å². The molecule has 6 heteroatoms. The third-order valence-electron chi connectivity index (χ3n) is 3.83. The second kappa shape index (κ2) is 7.74. The van der Waals surface area contributed by atoms with Crippen molar-refractivity contribution in [3.63, 3.8) is 0 Å². The molecule has 0 fully saturated rings. The van der Waals surface area contributed by atoms with Crippen molar-refractivity contribution in [1.29, 1.82) is 0 Å². The quantitative estimate of drug-likeness (QED) is 0.502. The molecule has 3 rings (SSSR count). The van der Waals surface area contributed by atoms with E-state index in [1.54, 1.807) is 32.4 Å². The van der Waals surface area contributed by atoms with E-state index in [1.807, 2.05) is 41.9 Å². The average Bonchev–Trinajstić information content (AvgIpc) is 3.06. The minimum Gasteiger partial charge on any atom is -0.493 e. The molecule has 0 saturated carbocycles. The van der Waals surface area contributed by atoms with Crippen LogP contribution >= 0.6 is 0 Å². The second-order valence-electron chi connectivity index (χ2n) is 5.76. The summed E-state index contributed by atoms with van der Waals surface area (Å²) in [7, 11) is 3.14. The Balaban J connectivity index is 1.62. The Bertz CT molecular complexity index is 960. The number of carbonyl (C=O) groups excluding carboxylic acids is 1. The Morgan fingerprint density at radius 2 is 1.92 bits per heavy atom. The number of ether oxygens (including phenoxy) is 3. The van der Waals surface area contributed by atoms with Crippen molar-refractivity contribution in [2.45, 2.75) is 13.5 Å². The lowest BCUT2D eigenvalue weighted by molar-refractivity contribution is -0.139. The molecule has 0 unspecified atom stereocenters. The molecule has 0 saturated heterocycles. The van der Waals surface area contributed by atoms with Crippen LogP contribution in [0.4, 0.5) is 0 Å². The van der Waals surface area contributed by atoms with Gasteiger partial charge in [0.05, 0.1) is 19.9 Å². The minimum absolute atomic E-state index is 0.121. The van der Waals surface area contributed by atoms with Gasteiger partial charge in [0.1, 0.15) is 12.3 Å². The van der Waals surface area contributed by atoms with Crippen LogP contribution in [0, 0.1) is 6.92 Å². The summed E-state index contributed by atoms with van der Waals surface area (Å²) in [6, 6.07) is 9.31. The highest BCUT2D eigenvalue weighted by Gasteiger charge is 2.06. The van der Waals surface area contributed by atoms with Gasteiger partial charge in [-0.25, -0.2) is 9.78 Å². The predicted molar refractivity (Wildman–Crippen MR) is 98.3 cm³/mol. The van der Waals surface area contributed by atoms with Crippen LogP contribution in [0.1, 0.15) is 16.8 Å². The molecule has 0 aliphatic heterocycles. The van der Waals surface area contributed by atoms with Gasteiger partial charge in [0.25, 0.3) is 0 Å². The van der Waals surface area contributed by atoms with Crippen LogP contribution in [-0.4, -0.2) is 29.6 Å². The van der Waals surface area contributed by atoms with Crippen molar-refractivity contribution in [2.75, 3.05) is 14.2 Å². The maximum atomic E-state index is 11.9. The highest BCUT2D eigenvalue weighted by atomic mass is 16.5. The Hall–Kier alpha value is -3.28. The van der Waals surface area contributed by atoms with E-state index < -0.39 is 5.97 Å². The van der Waals surface area contributed by atoms with Gasteiger partial charge in [-0.1, -0.05) is 12.1 Å². The summed E-state index contributed by atoms with van der Waals surface area (Å²) in [5.74, 6) is 0.797. The summed E-state index contributed by atoms with van der Waals surface area (Å²) in [4.78, 5) is 16.4. The number of esters is 1. The molecule has 2 heterocycles. The minimum atomic E-state index is -0.437. The number of benzene rings is 1. The van der Waals surface area contributed by atoms with Gasteiger partial charge in [-0.15, -0.1) is 0 Å². The lowest BCUT2D eigenvalue weighted by atomic mass is 10.2. The highest BCUT2D eigenvalue weighted by Crippen LogP contribution is 2.27. The van der Waals surface area contributed by atoms with E-state index in [1.165, 1.54) is 6.08 Å². The highest BCUT2D eigenvalue weighted by molar-refractivity contribution is 5.87. The molecule has 26 heavy (non-hydrogen) atoms. The zero-order valence-corrected chi connectivity index (χ0v) is 14.9. The summed E-state index contributed by atoms with van der Waals surface area (Å²) in [5.41, 5.74) is 3.46. The van der Waals surface area contributed by atoms with Crippen LogP contribution in [0.25, 0.3) is 11.7 Å². The van der Waals surface area contributed by atoms with Gasteiger partial charge in [0.15, 0.2) is 11.5 Å². The number of fused-ring (bicyclic) bond motifs is 1. The first kappa shape index (κ1) is 17.5. The molecule has 2 aromatic heterocycles. The van der Waals surface area contributed by atoms with Gasteiger partial charge in [-0.2, -0.15) is 0 Å². The SMILES string of the molecule is COc1ccc(C=CC(=O)OCc2cn3cc(C)ccc3n2)cc1OC. The van der Waals surface area contributed by atoms with Crippen molar-refractivity contribution >= 4 is 17.7 Å². The maximum Gasteiger partial charge on any atom is 0.331 e. The third kappa shape index (κ3) is 4.03. The fraction of sp³-hybridized carbons (Fsp3) is 0.200. The topological polar surface area (TPSA) is 62.1 Å². The lowest BCUT2D eigenvalue weighted by Gasteiger charge is -2.07. The molecule has 6 nitrogen and oxygen atoms in total. The second-order valence-corrected chi connectivity index (χ2v) is 5.76. The van der Waals surface area contributed by atoms with Crippen molar-refractivity contribution < 1.29 is 19.0 Å². The summed E-state index contributed by atoms with van der Waals surface area (Å²) < 4.78 is 17.6. The van der Waals surface area contributed by atoms with E-state index >= 15 is 0 Å². The van der Waals surface area contributed by atoms with E-state index in [2.05, 4.69) is 4.98 Å². The van der Waals surface area contributed by atoms with Gasteiger partial charge in [-0.05, 0) is 42.3 Å². The number of hydrogen-bond acceptors (Lipinski definition) is 5. The van der Waals surface area contributed by atoms with Gasteiger partial charge in [-0.3, -0.25) is 0 Å². The number of rotatable bonds is 6. The Labute approximate surface area is 151 Å². The smallest absolute Gasteiger partial charge is 0.331 e. The normalized spacial score (nSPS) is 11.0. The van der Waals surface area contributed by atoms with Crippen LogP contribution in [0.2, 0.25) is 0 Å². The molecular formula is C20H20N2O4. The molecule has 0 N–H and O–H groups in total. The first-order valence-electron chi connectivity index (χ1n) is 8.10. The first-order chi connectivity index (χ1) is 12.6. The number of aromatic nitrogens is 2. The molecule has 0 radical (unpaired) electrons. The molecule has 0 aliphatic carbocycles. The Kier molecular flexibility index (Phi) is 5.22. The van der Waals surface area contributed by atoms with Crippen LogP contribution < -0.4 is 9.47 Å². The van der Waals surface area contributed by atoms with Crippen LogP contribution in [0.5, 0.6) is 11.5 Å². The van der Waals surface area contributed by atoms with E-state index in [-0.39, 0.29) is 6.61 Å². The third-order valence-corrected chi connectivity index (χ3v) is 3.83. The first-order valence-corrected chi connectivity index (χ1v) is 8.10. The standard InChI is InChI=1S/C20H20N2O4/c1-14-4-8-19-21-16(12-22(19)11-14)13-26-20(23)9-6-15-5-7-17(24-2)18(10-15)25-3/h4-12H,13H2,1-3H3. The molecule has 0 bridgehead atoms. The Morgan fingerprint density at radius 1 is 1.12 bits per heavy atom. The summed E-state index contributed by atoms with van der Waals surface area (Å²) in [6.45, 7) is 2.13. The maximum absolute atomic E-state index is 11.9. The predicted octanol–water partition coefficient (Wildman–Crippen LogP) is 3.42. The van der Waals surface area contributed by atoms with E-state index in [0.717, 1.165) is 16.8 Å². The van der Waals surface area contributed by atoms with Gasteiger partial charge >= 0.3 is 5.97 Å². The number of nitrogens with zero attached hydrogens (tertiary/aromatic N) is 2. The van der Waals surface area contributed by atoms with Gasteiger partial charge in [0.2, 0.25) is 0 Å². The monoisotopic (exact) mass is 352 g/mol. The Morgan fingerprint density at radius 3 is 2.69 bits per heavy atom. The number of carbonyl (C=O) groups is 1. The van der Waals surface area contributed by atoms with Crippen LogP contribution in [-0.2, 0) is 16.1 Å². The zero-order chi connectivity index (χ0) is 18.5. The van der Waals surface area contributed by atoms with Crippen LogP contribution in [0.3, 0.4) is 0 Å². The summed E-state index contributed by atoms with van der Waals surface area (Å²) in [5, 5.41) is 0. The van der Waals surface area contributed by atoms with Gasteiger partial charge < -0.3 is 18.6 Å². The molecule has 3 aromatic rings. The number of methoxy groups -OCH3 is 2. The number of imidazole rings is 1. The number of hydrogen-bond donors (Lipinski definition) is 0. The number of pyridine rings is 1. The largest absolute Gasteiger partial charge is 0.493 e. The number of aryl methyl sites for hydroxylation is 1. The average molecular weight is 352 g/mol. The van der Waals surface area contributed by atoms with Crippen molar-refractivity contribution in [3.05, 3.63) is 65.6 Å². The molecule has 0 spiro atoms. The van der Waals surface area contributed by atoms with E-state index in [9.17, 15) is 4.79 Å². The molecule has 0 amide bonds. The fourth-order valence-corrected chi connectivity index (χ4v) is 2.54. The lowest BCUT2D eigenvalue weighted by Crippen LogP contribution is -2.00. The van der Waals surface area contributed by atoms with Crippen molar-refractivity contribution in [2.24, 2.45) is 0 Å². The van der Waals surface area contributed by atoms with Crippen molar-refractivity contribution in [1.82, 2.24) is 9.38 Å². The molecular weight excluding hydrogens is 332 g/mol. The summed E-state index contributed by atoms with van der Waals surface area (Å²) >= 11 is 0. The zero-order valence-electron chi connectivity index (χ0n) is 14.9. The van der Waals surface area contributed by atoms with Gasteiger partial charge in [0, 0.05) is 18.5 Å². The van der Waals surface area contributed by atoms with Crippen LogP contribution in [0.15, 0.2) is 48.8 Å². The van der Waals surface area contributed by atoms with Crippen molar-refractivity contribution in [3.8, 4) is 11.5 Å². The summed E-state index contributed by atoms with van der Waals surface area (Å²) in [6.07, 6.45) is 6.87.